The summed E-state index contributed by atoms with van der Waals surface area (Å²) in [6.07, 6.45) is 3.96. The molecule has 0 aliphatic carbocycles. The molecule has 1 heterocycles. The van der Waals surface area contributed by atoms with Crippen molar-refractivity contribution in [3.05, 3.63) is 30.5 Å². The number of fused-ring (bicyclic) bond motifs is 1. The van der Waals surface area contributed by atoms with Gasteiger partial charge in [-0.25, -0.2) is 0 Å². The molecule has 18 heavy (non-hydrogen) atoms. The van der Waals surface area contributed by atoms with Crippen molar-refractivity contribution < 1.29 is 0 Å². The van der Waals surface area contributed by atoms with Crippen LogP contribution in [0.25, 0.3) is 10.9 Å². The molecule has 0 saturated heterocycles. The predicted octanol–water partition coefficient (Wildman–Crippen LogP) is 3.23. The van der Waals surface area contributed by atoms with Crippen molar-refractivity contribution in [3.63, 3.8) is 0 Å². The van der Waals surface area contributed by atoms with Crippen LogP contribution in [0.4, 0.5) is 11.4 Å². The number of hydrogen-bond acceptors (Lipinski definition) is 4. The smallest absolute Gasteiger partial charge is 0.0743 e. The third-order valence-electron chi connectivity index (χ3n) is 2.86. The molecule has 0 aliphatic rings. The van der Waals surface area contributed by atoms with Crippen molar-refractivity contribution in [1.82, 2.24) is 4.98 Å². The molecule has 0 spiro atoms. The lowest BCUT2D eigenvalue weighted by molar-refractivity contribution is 0.702. The summed E-state index contributed by atoms with van der Waals surface area (Å²) < 4.78 is 0. The number of aromatic nitrogens is 1. The monoisotopic (exact) mass is 261 g/mol. The van der Waals surface area contributed by atoms with Crippen molar-refractivity contribution >= 4 is 34.0 Å². The number of nitrogens with one attached hydrogen (secondary N) is 1. The van der Waals surface area contributed by atoms with Crippen molar-refractivity contribution in [1.29, 1.82) is 0 Å². The third kappa shape index (κ3) is 3.07. The van der Waals surface area contributed by atoms with E-state index in [0.717, 1.165) is 28.8 Å². The van der Waals surface area contributed by atoms with E-state index >= 15 is 0 Å². The Hall–Kier alpha value is -1.42. The average Bonchev–Trinajstić information content (AvgIpc) is 2.36. The van der Waals surface area contributed by atoms with Gasteiger partial charge in [0.05, 0.1) is 5.52 Å². The molecule has 0 aliphatic heterocycles. The third-order valence-corrected chi connectivity index (χ3v) is 3.76. The summed E-state index contributed by atoms with van der Waals surface area (Å²) >= 11 is 1.88. The number of anilines is 2. The fourth-order valence-corrected chi connectivity index (χ4v) is 2.63. The summed E-state index contributed by atoms with van der Waals surface area (Å²) in [5.41, 5.74) is 8.60. The van der Waals surface area contributed by atoms with Gasteiger partial charge in [-0.2, -0.15) is 11.8 Å². The summed E-state index contributed by atoms with van der Waals surface area (Å²) in [5.74, 6) is 1.82. The summed E-state index contributed by atoms with van der Waals surface area (Å²) in [6.45, 7) is 3.23. The first-order chi connectivity index (χ1) is 8.70. The second kappa shape index (κ2) is 5.96. The molecule has 1 unspecified atom stereocenters. The molecule has 2 rings (SSSR count). The zero-order chi connectivity index (χ0) is 13.0. The maximum atomic E-state index is 5.77. The number of pyridine rings is 1. The quantitative estimate of drug-likeness (QED) is 0.811. The highest BCUT2D eigenvalue weighted by molar-refractivity contribution is 7.98. The summed E-state index contributed by atoms with van der Waals surface area (Å²) in [5, 5.41) is 4.63. The fraction of sp³-hybridized carbons (Fsp3) is 0.357. The van der Waals surface area contributed by atoms with E-state index in [1.165, 1.54) is 5.75 Å². The van der Waals surface area contributed by atoms with Gasteiger partial charge in [0, 0.05) is 29.5 Å². The van der Waals surface area contributed by atoms with Crippen LogP contribution in [-0.2, 0) is 0 Å². The van der Waals surface area contributed by atoms with E-state index in [-0.39, 0.29) is 0 Å². The average molecular weight is 261 g/mol. The van der Waals surface area contributed by atoms with Gasteiger partial charge in [-0.3, -0.25) is 4.98 Å². The van der Waals surface area contributed by atoms with Crippen molar-refractivity contribution in [2.45, 2.75) is 6.92 Å². The highest BCUT2D eigenvalue weighted by Crippen LogP contribution is 2.23. The summed E-state index contributed by atoms with van der Waals surface area (Å²) in [4.78, 5) is 4.34. The van der Waals surface area contributed by atoms with Crippen LogP contribution in [0.2, 0.25) is 0 Å². The number of nitrogens with zero attached hydrogens (tertiary/aromatic N) is 1. The van der Waals surface area contributed by atoms with Crippen LogP contribution >= 0.6 is 11.8 Å². The molecule has 0 amide bonds. The molecule has 0 saturated carbocycles. The molecular formula is C14H19N3S. The molecule has 0 radical (unpaired) electrons. The molecule has 0 fully saturated rings. The van der Waals surface area contributed by atoms with E-state index in [1.54, 1.807) is 0 Å². The second-order valence-electron chi connectivity index (χ2n) is 4.58. The van der Waals surface area contributed by atoms with Crippen LogP contribution in [0.3, 0.4) is 0 Å². The van der Waals surface area contributed by atoms with E-state index in [0.29, 0.717) is 5.92 Å². The van der Waals surface area contributed by atoms with Crippen LogP contribution in [0, 0.1) is 5.92 Å². The van der Waals surface area contributed by atoms with Gasteiger partial charge in [-0.1, -0.05) is 6.92 Å². The zero-order valence-electron chi connectivity index (χ0n) is 10.8. The first kappa shape index (κ1) is 13.0. The van der Waals surface area contributed by atoms with Gasteiger partial charge in [0.25, 0.3) is 0 Å². The molecule has 96 valence electrons. The van der Waals surface area contributed by atoms with Gasteiger partial charge in [0.2, 0.25) is 0 Å². The lowest BCUT2D eigenvalue weighted by atomic mass is 10.1. The van der Waals surface area contributed by atoms with Gasteiger partial charge in [-0.05, 0) is 42.2 Å². The Balaban J connectivity index is 2.18. The highest BCUT2D eigenvalue weighted by Gasteiger charge is 2.04. The van der Waals surface area contributed by atoms with Crippen molar-refractivity contribution in [2.24, 2.45) is 5.92 Å². The van der Waals surface area contributed by atoms with E-state index < -0.39 is 0 Å². The normalized spacial score (nSPS) is 12.6. The number of nitrogen functional groups attached to an aromatic ring is 1. The molecule has 1 aromatic carbocycles. The van der Waals surface area contributed by atoms with Gasteiger partial charge >= 0.3 is 0 Å². The molecule has 1 atom stereocenters. The lowest BCUT2D eigenvalue weighted by Gasteiger charge is -2.14. The van der Waals surface area contributed by atoms with Gasteiger partial charge in [0.1, 0.15) is 0 Å². The molecular weight excluding hydrogens is 242 g/mol. The van der Waals surface area contributed by atoms with Crippen LogP contribution in [0.15, 0.2) is 30.5 Å². The standard InChI is InChI=1S/C14H19N3S/c1-10(9-18-2)8-17-13-5-6-16-14-7-11(15)3-4-12(13)14/h3-7,10H,8-9,15H2,1-2H3,(H,16,17). The fourth-order valence-electron chi connectivity index (χ4n) is 1.95. The minimum Gasteiger partial charge on any atom is -0.399 e. The Morgan fingerprint density at radius 3 is 3.00 bits per heavy atom. The van der Waals surface area contributed by atoms with Crippen LogP contribution in [0.1, 0.15) is 6.92 Å². The first-order valence-corrected chi connectivity index (χ1v) is 7.47. The number of thioether (sulfide) groups is 1. The maximum Gasteiger partial charge on any atom is 0.0743 e. The Kier molecular flexibility index (Phi) is 4.31. The number of nitrogens with two attached hydrogens (primary N) is 1. The topological polar surface area (TPSA) is 50.9 Å². The maximum absolute atomic E-state index is 5.77. The summed E-state index contributed by atoms with van der Waals surface area (Å²) in [7, 11) is 0. The van der Waals surface area contributed by atoms with E-state index in [9.17, 15) is 0 Å². The van der Waals surface area contributed by atoms with Crippen LogP contribution in [-0.4, -0.2) is 23.5 Å². The first-order valence-electron chi connectivity index (χ1n) is 6.07. The van der Waals surface area contributed by atoms with E-state index in [2.05, 4.69) is 23.5 Å². The Bertz CT molecular complexity index is 527. The Morgan fingerprint density at radius 1 is 1.39 bits per heavy atom. The Morgan fingerprint density at radius 2 is 2.22 bits per heavy atom. The number of hydrogen-bond donors (Lipinski definition) is 2. The van der Waals surface area contributed by atoms with Crippen molar-refractivity contribution in [2.75, 3.05) is 29.6 Å². The Labute approximate surface area is 112 Å². The minimum atomic E-state index is 0.650. The van der Waals surface area contributed by atoms with Gasteiger partial charge < -0.3 is 11.1 Å². The molecule has 1 aromatic heterocycles. The van der Waals surface area contributed by atoms with Crippen LogP contribution < -0.4 is 11.1 Å². The van der Waals surface area contributed by atoms with Crippen molar-refractivity contribution in [3.8, 4) is 0 Å². The molecule has 4 heteroatoms. The van der Waals surface area contributed by atoms with Gasteiger partial charge in [-0.15, -0.1) is 0 Å². The van der Waals surface area contributed by atoms with Crippen LogP contribution in [0.5, 0.6) is 0 Å². The molecule has 3 N–H and O–H groups in total. The molecule has 2 aromatic rings. The largest absolute Gasteiger partial charge is 0.399 e. The second-order valence-corrected chi connectivity index (χ2v) is 5.49. The predicted molar refractivity (Wildman–Crippen MR) is 82.2 cm³/mol. The number of benzene rings is 1. The molecule has 0 bridgehead atoms. The number of rotatable bonds is 5. The van der Waals surface area contributed by atoms with E-state index in [4.69, 9.17) is 5.73 Å². The van der Waals surface area contributed by atoms with Gasteiger partial charge in [0.15, 0.2) is 0 Å². The minimum absolute atomic E-state index is 0.650. The highest BCUT2D eigenvalue weighted by atomic mass is 32.2. The van der Waals surface area contributed by atoms with E-state index in [1.807, 2.05) is 42.2 Å². The SMILES string of the molecule is CSCC(C)CNc1ccnc2cc(N)ccc12. The zero-order valence-corrected chi connectivity index (χ0v) is 11.6. The summed E-state index contributed by atoms with van der Waals surface area (Å²) in [6, 6.07) is 7.87. The lowest BCUT2D eigenvalue weighted by Crippen LogP contribution is -2.13. The molecule has 3 nitrogen and oxygen atoms in total.